The molecule has 5 nitrogen and oxygen atoms in total. The van der Waals surface area contributed by atoms with E-state index in [1.54, 1.807) is 36.4 Å². The Bertz CT molecular complexity index is 766. The Morgan fingerprint density at radius 2 is 1.77 bits per heavy atom. The summed E-state index contributed by atoms with van der Waals surface area (Å²) >= 11 is 6.15. The lowest BCUT2D eigenvalue weighted by Gasteiger charge is -2.20. The normalized spacial score (nSPS) is 12.4. The molecule has 0 radical (unpaired) electrons. The van der Waals surface area contributed by atoms with E-state index < -0.39 is 0 Å². The third-order valence-electron chi connectivity index (χ3n) is 3.16. The number of carbonyl (C=O) groups is 1. The van der Waals surface area contributed by atoms with E-state index in [9.17, 15) is 4.79 Å². The van der Waals surface area contributed by atoms with Crippen molar-refractivity contribution in [1.29, 1.82) is 5.26 Å². The Labute approximate surface area is 132 Å². The van der Waals surface area contributed by atoms with Gasteiger partial charge in [0.1, 0.15) is 13.2 Å². The van der Waals surface area contributed by atoms with Crippen LogP contribution >= 0.6 is 11.6 Å². The van der Waals surface area contributed by atoms with Crippen LogP contribution in [0.4, 0.5) is 5.69 Å². The Morgan fingerprint density at radius 3 is 2.41 bits per heavy atom. The largest absolute Gasteiger partial charge is 0.486 e. The van der Waals surface area contributed by atoms with E-state index in [1.165, 1.54) is 0 Å². The highest BCUT2D eigenvalue weighted by Crippen LogP contribution is 2.38. The number of hydrogen-bond acceptors (Lipinski definition) is 4. The minimum Gasteiger partial charge on any atom is -0.486 e. The van der Waals surface area contributed by atoms with Gasteiger partial charge in [0.05, 0.1) is 22.3 Å². The van der Waals surface area contributed by atoms with Crippen molar-refractivity contribution in [3.8, 4) is 17.6 Å². The lowest BCUT2D eigenvalue weighted by molar-refractivity contribution is 0.102. The van der Waals surface area contributed by atoms with Crippen LogP contribution in [-0.2, 0) is 0 Å². The van der Waals surface area contributed by atoms with Gasteiger partial charge in [-0.3, -0.25) is 4.79 Å². The molecular formula is C16H11ClN2O3. The van der Waals surface area contributed by atoms with E-state index >= 15 is 0 Å². The fraction of sp³-hybridized carbons (Fsp3) is 0.125. The summed E-state index contributed by atoms with van der Waals surface area (Å²) < 4.78 is 10.9. The quantitative estimate of drug-likeness (QED) is 0.923. The molecule has 1 heterocycles. The fourth-order valence-electron chi connectivity index (χ4n) is 2.05. The highest BCUT2D eigenvalue weighted by molar-refractivity contribution is 6.34. The second kappa shape index (κ2) is 5.96. The number of halogens is 1. The number of benzene rings is 2. The van der Waals surface area contributed by atoms with Gasteiger partial charge >= 0.3 is 0 Å². The molecule has 0 atom stereocenters. The van der Waals surface area contributed by atoms with Gasteiger partial charge in [0.2, 0.25) is 0 Å². The molecule has 6 heteroatoms. The molecule has 0 aliphatic carbocycles. The smallest absolute Gasteiger partial charge is 0.255 e. The number of hydrogen-bond donors (Lipinski definition) is 1. The number of nitriles is 1. The van der Waals surface area contributed by atoms with Gasteiger partial charge in [0, 0.05) is 17.7 Å². The van der Waals surface area contributed by atoms with Crippen LogP contribution in [0.3, 0.4) is 0 Å². The van der Waals surface area contributed by atoms with Crippen LogP contribution in [0.1, 0.15) is 15.9 Å². The van der Waals surface area contributed by atoms with Gasteiger partial charge in [-0.25, -0.2) is 0 Å². The topological polar surface area (TPSA) is 71.4 Å². The number of carbonyl (C=O) groups excluding carboxylic acids is 1. The minimum atomic E-state index is -0.317. The first-order chi connectivity index (χ1) is 10.7. The highest BCUT2D eigenvalue weighted by atomic mass is 35.5. The van der Waals surface area contributed by atoms with Gasteiger partial charge in [0.25, 0.3) is 5.91 Å². The number of rotatable bonds is 2. The van der Waals surface area contributed by atoms with Crippen LogP contribution in [0.25, 0.3) is 0 Å². The van der Waals surface area contributed by atoms with Crippen molar-refractivity contribution in [1.82, 2.24) is 0 Å². The maximum Gasteiger partial charge on any atom is 0.255 e. The number of nitrogens with zero attached hydrogens (tertiary/aromatic N) is 1. The average molecular weight is 315 g/mol. The van der Waals surface area contributed by atoms with E-state index in [1.807, 2.05) is 6.07 Å². The maximum absolute atomic E-state index is 12.2. The Hall–Kier alpha value is -2.71. The van der Waals surface area contributed by atoms with Gasteiger partial charge in [0.15, 0.2) is 11.5 Å². The molecule has 110 valence electrons. The molecule has 0 saturated carbocycles. The van der Waals surface area contributed by atoms with E-state index in [0.29, 0.717) is 46.5 Å². The lowest BCUT2D eigenvalue weighted by Crippen LogP contribution is -2.17. The third-order valence-corrected chi connectivity index (χ3v) is 3.47. The van der Waals surface area contributed by atoms with Gasteiger partial charge in [-0.05, 0) is 24.3 Å². The first kappa shape index (κ1) is 14.2. The molecule has 1 aliphatic heterocycles. The molecule has 0 unspecified atom stereocenters. The van der Waals surface area contributed by atoms with E-state index in [0.717, 1.165) is 0 Å². The molecule has 0 bridgehead atoms. The average Bonchev–Trinajstić information content (AvgIpc) is 2.55. The maximum atomic E-state index is 12.2. The summed E-state index contributed by atoms with van der Waals surface area (Å²) in [6.45, 7) is 0.928. The number of ether oxygens (including phenoxy) is 2. The minimum absolute atomic E-state index is 0.317. The molecule has 2 aromatic rings. The van der Waals surface area contributed by atoms with Crippen LogP contribution < -0.4 is 14.8 Å². The van der Waals surface area contributed by atoms with Crippen molar-refractivity contribution >= 4 is 23.2 Å². The van der Waals surface area contributed by atoms with Gasteiger partial charge in [-0.15, -0.1) is 0 Å². The zero-order valence-electron chi connectivity index (χ0n) is 11.4. The molecule has 0 aromatic heterocycles. The summed E-state index contributed by atoms with van der Waals surface area (Å²) in [4.78, 5) is 12.2. The molecule has 0 saturated heterocycles. The van der Waals surface area contributed by atoms with Crippen molar-refractivity contribution < 1.29 is 14.3 Å². The summed E-state index contributed by atoms with van der Waals surface area (Å²) in [6, 6.07) is 11.6. The molecule has 0 spiro atoms. The first-order valence-corrected chi connectivity index (χ1v) is 6.96. The van der Waals surface area contributed by atoms with Gasteiger partial charge < -0.3 is 14.8 Å². The van der Waals surface area contributed by atoms with E-state index in [2.05, 4.69) is 5.32 Å². The molecule has 0 fully saturated rings. The first-order valence-electron chi connectivity index (χ1n) is 6.58. The number of nitrogens with one attached hydrogen (secondary N) is 1. The molecule has 1 aliphatic rings. The number of fused-ring (bicyclic) bond motifs is 1. The molecule has 2 aromatic carbocycles. The SMILES string of the molecule is N#Cc1ccc(C(=O)Nc2cc3c(cc2Cl)OCCO3)cc1. The predicted octanol–water partition coefficient (Wildman–Crippen LogP) is 3.24. The predicted molar refractivity (Wildman–Crippen MR) is 81.6 cm³/mol. The van der Waals surface area contributed by atoms with Gasteiger partial charge in [-0.2, -0.15) is 5.26 Å². The standard InChI is InChI=1S/C16H11ClN2O3/c17-12-7-14-15(22-6-5-21-14)8-13(12)19-16(20)11-3-1-10(9-18)2-4-11/h1-4,7-8H,5-6H2,(H,19,20). The second-order valence-electron chi connectivity index (χ2n) is 4.62. The highest BCUT2D eigenvalue weighted by Gasteiger charge is 2.16. The number of amides is 1. The second-order valence-corrected chi connectivity index (χ2v) is 5.03. The van der Waals surface area contributed by atoms with Crippen LogP contribution in [-0.4, -0.2) is 19.1 Å². The molecular weight excluding hydrogens is 304 g/mol. The number of anilines is 1. The lowest BCUT2D eigenvalue weighted by atomic mass is 10.1. The zero-order valence-corrected chi connectivity index (χ0v) is 12.2. The monoisotopic (exact) mass is 314 g/mol. The zero-order chi connectivity index (χ0) is 15.5. The summed E-state index contributed by atoms with van der Waals surface area (Å²) in [5, 5.41) is 11.8. The van der Waals surface area contributed by atoms with Crippen molar-refractivity contribution in [2.24, 2.45) is 0 Å². The van der Waals surface area contributed by atoms with Crippen LogP contribution in [0.15, 0.2) is 36.4 Å². The van der Waals surface area contributed by atoms with E-state index in [-0.39, 0.29) is 5.91 Å². The Kier molecular flexibility index (Phi) is 3.86. The summed E-state index contributed by atoms with van der Waals surface area (Å²) in [5.74, 6) is 0.793. The van der Waals surface area contributed by atoms with Gasteiger partial charge in [-0.1, -0.05) is 11.6 Å². The van der Waals surface area contributed by atoms with Crippen LogP contribution in [0.5, 0.6) is 11.5 Å². The van der Waals surface area contributed by atoms with Crippen molar-refractivity contribution in [2.75, 3.05) is 18.5 Å². The van der Waals surface area contributed by atoms with Crippen LogP contribution in [0, 0.1) is 11.3 Å². The fourth-order valence-corrected chi connectivity index (χ4v) is 2.25. The van der Waals surface area contributed by atoms with Crippen LogP contribution in [0.2, 0.25) is 5.02 Å². The Morgan fingerprint density at radius 1 is 1.14 bits per heavy atom. The van der Waals surface area contributed by atoms with E-state index in [4.69, 9.17) is 26.3 Å². The molecule has 3 rings (SSSR count). The van der Waals surface area contributed by atoms with Crippen molar-refractivity contribution in [2.45, 2.75) is 0 Å². The van der Waals surface area contributed by atoms with Crippen molar-refractivity contribution in [3.05, 3.63) is 52.5 Å². The molecule has 1 amide bonds. The van der Waals surface area contributed by atoms with Crippen molar-refractivity contribution in [3.63, 3.8) is 0 Å². The molecule has 1 N–H and O–H groups in total. The summed E-state index contributed by atoms with van der Waals surface area (Å²) in [7, 11) is 0. The Balaban J connectivity index is 1.83. The summed E-state index contributed by atoms with van der Waals surface area (Å²) in [5.41, 5.74) is 1.37. The third kappa shape index (κ3) is 2.83. The molecule has 22 heavy (non-hydrogen) atoms. The summed E-state index contributed by atoms with van der Waals surface area (Å²) in [6.07, 6.45) is 0.